The molecular formula is C17H13ClFN5O3S. The van der Waals surface area contributed by atoms with Crippen LogP contribution in [-0.2, 0) is 16.4 Å². The van der Waals surface area contributed by atoms with Crippen LogP contribution in [0.5, 0.6) is 5.75 Å². The van der Waals surface area contributed by atoms with E-state index < -0.39 is 15.7 Å². The minimum absolute atomic E-state index is 0.0525. The molecule has 0 unspecified atom stereocenters. The lowest BCUT2D eigenvalue weighted by molar-refractivity contribution is 0.387. The SMILES string of the molecule is COc1cc(-c2nn(CC#N)cc2-c2ccnc(S(C)(=O)=O)n2)cc(Cl)c1F. The summed E-state index contributed by atoms with van der Waals surface area (Å²) in [5.41, 5.74) is 1.43. The van der Waals surface area contributed by atoms with Crippen molar-refractivity contribution in [2.24, 2.45) is 0 Å². The van der Waals surface area contributed by atoms with Gasteiger partial charge in [0, 0.05) is 29.8 Å². The maximum Gasteiger partial charge on any atom is 0.247 e. The number of hydrogen-bond donors (Lipinski definition) is 0. The fraction of sp³-hybridized carbons (Fsp3) is 0.176. The van der Waals surface area contributed by atoms with Crippen LogP contribution in [0, 0.1) is 17.1 Å². The standard InChI is InChI=1S/C17H13ClFN5O3S/c1-27-14-8-10(7-12(18)15(14)19)16-11(9-24(23-16)6-4-20)13-3-5-21-17(22-13)28(2,25)26/h3,5,7-9H,6H2,1-2H3. The molecule has 11 heteroatoms. The normalized spacial score (nSPS) is 11.2. The predicted octanol–water partition coefficient (Wildman–Crippen LogP) is 2.74. The molecule has 0 saturated heterocycles. The summed E-state index contributed by atoms with van der Waals surface area (Å²) in [6, 6.07) is 6.24. The molecule has 2 heterocycles. The van der Waals surface area contributed by atoms with Gasteiger partial charge in [0.25, 0.3) is 0 Å². The highest BCUT2D eigenvalue weighted by Crippen LogP contribution is 2.36. The van der Waals surface area contributed by atoms with Gasteiger partial charge in [0.2, 0.25) is 15.0 Å². The molecule has 0 fully saturated rings. The highest BCUT2D eigenvalue weighted by atomic mass is 35.5. The van der Waals surface area contributed by atoms with Crippen LogP contribution in [0.3, 0.4) is 0 Å². The quantitative estimate of drug-likeness (QED) is 0.582. The Bertz CT molecular complexity index is 1200. The summed E-state index contributed by atoms with van der Waals surface area (Å²) in [5, 5.41) is 12.8. The molecular weight excluding hydrogens is 409 g/mol. The summed E-state index contributed by atoms with van der Waals surface area (Å²) in [6.45, 7) is -0.0525. The number of rotatable bonds is 5. The molecule has 3 aromatic rings. The number of benzene rings is 1. The fourth-order valence-corrected chi connectivity index (χ4v) is 3.22. The lowest BCUT2D eigenvalue weighted by Crippen LogP contribution is -2.04. The van der Waals surface area contributed by atoms with E-state index in [1.807, 2.05) is 6.07 Å². The molecule has 0 aliphatic rings. The largest absolute Gasteiger partial charge is 0.494 e. The predicted molar refractivity (Wildman–Crippen MR) is 98.9 cm³/mol. The van der Waals surface area contributed by atoms with Crippen LogP contribution in [0.1, 0.15) is 0 Å². The van der Waals surface area contributed by atoms with Crippen LogP contribution >= 0.6 is 11.6 Å². The van der Waals surface area contributed by atoms with Crippen molar-refractivity contribution in [1.82, 2.24) is 19.7 Å². The fourth-order valence-electron chi connectivity index (χ4n) is 2.49. The number of halogens is 2. The van der Waals surface area contributed by atoms with Crippen molar-refractivity contribution in [1.29, 1.82) is 5.26 Å². The van der Waals surface area contributed by atoms with Crippen molar-refractivity contribution < 1.29 is 17.5 Å². The summed E-state index contributed by atoms with van der Waals surface area (Å²) >= 11 is 5.95. The molecule has 8 nitrogen and oxygen atoms in total. The van der Waals surface area contributed by atoms with Gasteiger partial charge in [-0.05, 0) is 18.2 Å². The Kier molecular flexibility index (Phi) is 5.31. The van der Waals surface area contributed by atoms with Crippen molar-refractivity contribution in [2.75, 3.05) is 13.4 Å². The van der Waals surface area contributed by atoms with Gasteiger partial charge in [0.15, 0.2) is 11.6 Å². The summed E-state index contributed by atoms with van der Waals surface area (Å²) in [6.07, 6.45) is 3.84. The zero-order chi connectivity index (χ0) is 20.5. The number of nitriles is 1. The highest BCUT2D eigenvalue weighted by molar-refractivity contribution is 7.90. The third-order valence-electron chi connectivity index (χ3n) is 3.72. The number of ether oxygens (including phenoxy) is 1. The minimum Gasteiger partial charge on any atom is -0.494 e. The van der Waals surface area contributed by atoms with E-state index >= 15 is 0 Å². The first-order valence-corrected chi connectivity index (χ1v) is 10.0. The first kappa shape index (κ1) is 19.7. The van der Waals surface area contributed by atoms with Crippen molar-refractivity contribution in [3.63, 3.8) is 0 Å². The molecule has 0 spiro atoms. The number of methoxy groups -OCH3 is 1. The van der Waals surface area contributed by atoms with Gasteiger partial charge in [-0.15, -0.1) is 0 Å². The van der Waals surface area contributed by atoms with Gasteiger partial charge in [-0.1, -0.05) is 11.6 Å². The highest BCUT2D eigenvalue weighted by Gasteiger charge is 2.20. The van der Waals surface area contributed by atoms with Crippen LogP contribution in [0.25, 0.3) is 22.5 Å². The van der Waals surface area contributed by atoms with E-state index in [4.69, 9.17) is 21.6 Å². The van der Waals surface area contributed by atoms with Crippen molar-refractivity contribution >= 4 is 21.4 Å². The number of aromatic nitrogens is 4. The molecule has 2 aromatic heterocycles. The lowest BCUT2D eigenvalue weighted by Gasteiger charge is -2.08. The van der Waals surface area contributed by atoms with Gasteiger partial charge < -0.3 is 4.74 Å². The van der Waals surface area contributed by atoms with Crippen molar-refractivity contribution in [3.8, 4) is 34.3 Å². The Balaban J connectivity index is 2.25. The average molecular weight is 422 g/mol. The van der Waals surface area contributed by atoms with Crippen LogP contribution in [0.15, 0.2) is 35.7 Å². The summed E-state index contributed by atoms with van der Waals surface area (Å²) in [4.78, 5) is 7.85. The van der Waals surface area contributed by atoms with E-state index in [1.165, 1.54) is 42.4 Å². The second-order valence-corrected chi connectivity index (χ2v) is 8.03. The van der Waals surface area contributed by atoms with Crippen LogP contribution in [0.4, 0.5) is 4.39 Å². The molecule has 1 aromatic carbocycles. The smallest absolute Gasteiger partial charge is 0.247 e. The third kappa shape index (κ3) is 3.81. The Hall–Kier alpha value is -3.03. The maximum atomic E-state index is 14.0. The second kappa shape index (κ2) is 7.53. The van der Waals surface area contributed by atoms with Gasteiger partial charge in [0.05, 0.1) is 23.9 Å². The van der Waals surface area contributed by atoms with Gasteiger partial charge >= 0.3 is 0 Å². The molecule has 0 N–H and O–H groups in total. The molecule has 0 atom stereocenters. The Labute approximate surface area is 165 Å². The lowest BCUT2D eigenvalue weighted by atomic mass is 10.1. The molecule has 144 valence electrons. The number of sulfone groups is 1. The molecule has 28 heavy (non-hydrogen) atoms. The van der Waals surface area contributed by atoms with Crippen LogP contribution in [-0.4, -0.2) is 41.5 Å². The van der Waals surface area contributed by atoms with Crippen molar-refractivity contribution in [3.05, 3.63) is 41.4 Å². The van der Waals surface area contributed by atoms with Gasteiger partial charge in [0.1, 0.15) is 12.2 Å². The summed E-state index contributed by atoms with van der Waals surface area (Å²) in [5.74, 6) is -0.796. The first-order valence-electron chi connectivity index (χ1n) is 7.76. The Morgan fingerprint density at radius 1 is 1.39 bits per heavy atom. The number of hydrogen-bond acceptors (Lipinski definition) is 7. The Morgan fingerprint density at radius 2 is 2.14 bits per heavy atom. The van der Waals surface area contributed by atoms with Gasteiger partial charge in [-0.2, -0.15) is 10.4 Å². The van der Waals surface area contributed by atoms with Crippen LogP contribution in [0.2, 0.25) is 5.02 Å². The van der Waals surface area contributed by atoms with E-state index in [1.54, 1.807) is 0 Å². The number of nitrogens with zero attached hydrogens (tertiary/aromatic N) is 5. The van der Waals surface area contributed by atoms with Crippen LogP contribution < -0.4 is 4.74 Å². The summed E-state index contributed by atoms with van der Waals surface area (Å²) in [7, 11) is -2.33. The monoisotopic (exact) mass is 421 g/mol. The van der Waals surface area contributed by atoms with Gasteiger partial charge in [-0.25, -0.2) is 22.8 Å². The first-order chi connectivity index (χ1) is 13.2. The summed E-state index contributed by atoms with van der Waals surface area (Å²) < 4.78 is 43.9. The molecule has 0 aliphatic carbocycles. The zero-order valence-corrected chi connectivity index (χ0v) is 16.3. The Morgan fingerprint density at radius 3 is 2.79 bits per heavy atom. The minimum atomic E-state index is -3.63. The topological polar surface area (TPSA) is 111 Å². The van der Waals surface area contributed by atoms with E-state index in [9.17, 15) is 12.8 Å². The van der Waals surface area contributed by atoms with Crippen molar-refractivity contribution in [2.45, 2.75) is 11.7 Å². The van der Waals surface area contributed by atoms with E-state index in [2.05, 4.69) is 15.1 Å². The maximum absolute atomic E-state index is 14.0. The van der Waals surface area contributed by atoms with E-state index in [-0.39, 0.29) is 28.2 Å². The molecule has 0 aliphatic heterocycles. The third-order valence-corrected chi connectivity index (χ3v) is 4.86. The van der Waals surface area contributed by atoms with E-state index in [0.717, 1.165) is 6.26 Å². The molecule has 0 radical (unpaired) electrons. The second-order valence-electron chi connectivity index (χ2n) is 5.72. The van der Waals surface area contributed by atoms with Gasteiger partial charge in [-0.3, -0.25) is 4.68 Å². The molecule has 3 rings (SSSR count). The van der Waals surface area contributed by atoms with E-state index in [0.29, 0.717) is 16.8 Å². The average Bonchev–Trinajstić information content (AvgIpc) is 3.07. The molecule has 0 saturated carbocycles. The zero-order valence-electron chi connectivity index (χ0n) is 14.7. The molecule has 0 amide bonds. The molecule has 0 bridgehead atoms.